The molecule has 19 heavy (non-hydrogen) atoms. The molecule has 1 aromatic rings. The molecule has 0 atom stereocenters. The average Bonchev–Trinajstić information content (AvgIpc) is 2.39. The molecule has 0 heterocycles. The zero-order valence-electron chi connectivity index (χ0n) is 12.1. The normalized spacial score (nSPS) is 10.9. The largest absolute Gasteiger partial charge is 0.385 e. The van der Waals surface area contributed by atoms with Crippen LogP contribution < -0.4 is 0 Å². The van der Waals surface area contributed by atoms with E-state index < -0.39 is 0 Å². The summed E-state index contributed by atoms with van der Waals surface area (Å²) in [6.45, 7) is 5.26. The molecule has 3 nitrogen and oxygen atoms in total. The first-order valence-corrected chi connectivity index (χ1v) is 6.80. The van der Waals surface area contributed by atoms with Crippen molar-refractivity contribution in [1.82, 2.24) is 0 Å². The molecule has 0 N–H and O–H groups in total. The molecule has 0 saturated heterocycles. The molecule has 0 aromatic heterocycles. The molecule has 0 aliphatic carbocycles. The smallest absolute Gasteiger partial charge is 0.160 e. The second-order valence-electron chi connectivity index (χ2n) is 5.03. The number of Topliss-reactive ketones (excluding diaryl/α,β-unsaturated/α-hetero) is 1. The summed E-state index contributed by atoms with van der Waals surface area (Å²) in [5.74, 6) is 0.191. The van der Waals surface area contributed by atoms with E-state index in [1.54, 1.807) is 7.11 Å². The van der Waals surface area contributed by atoms with Crippen molar-refractivity contribution >= 4 is 5.78 Å². The summed E-state index contributed by atoms with van der Waals surface area (Å²) in [5.41, 5.74) is 2.40. The van der Waals surface area contributed by atoms with Crippen molar-refractivity contribution in [2.24, 2.45) is 5.92 Å². The number of aryl methyl sites for hydroxylation is 1. The molecule has 0 amide bonds. The minimum absolute atomic E-state index is 0.0420. The Morgan fingerprint density at radius 1 is 1.26 bits per heavy atom. The van der Waals surface area contributed by atoms with Crippen LogP contribution >= 0.6 is 0 Å². The van der Waals surface area contributed by atoms with Crippen LogP contribution in [0.25, 0.3) is 0 Å². The minimum Gasteiger partial charge on any atom is -0.385 e. The molecule has 0 fully saturated rings. The van der Waals surface area contributed by atoms with E-state index in [2.05, 4.69) is 12.1 Å². The van der Waals surface area contributed by atoms with Crippen LogP contribution in [0.15, 0.2) is 24.3 Å². The summed E-state index contributed by atoms with van der Waals surface area (Å²) in [5, 5.41) is 0. The number of hydrogen-bond donors (Lipinski definition) is 0. The number of hydrogen-bond acceptors (Lipinski definition) is 3. The van der Waals surface area contributed by atoms with Gasteiger partial charge in [-0.3, -0.25) is 4.79 Å². The molecule has 0 aliphatic heterocycles. The molecule has 3 heteroatoms. The van der Waals surface area contributed by atoms with E-state index in [1.165, 1.54) is 5.56 Å². The quantitative estimate of drug-likeness (QED) is 0.643. The standard InChI is InChI=1S/C16H24O3/c1-13(2)16(17)12-19-11-15-7-4-6-14(10-15)8-5-9-18-3/h4,6-7,10,13H,5,8-9,11-12H2,1-3H3. The number of carbonyl (C=O) groups excluding carboxylic acids is 1. The molecule has 106 valence electrons. The van der Waals surface area contributed by atoms with Crippen molar-refractivity contribution < 1.29 is 14.3 Å². The predicted molar refractivity (Wildman–Crippen MR) is 76.1 cm³/mol. The molecule has 1 aromatic carbocycles. The van der Waals surface area contributed by atoms with Crippen LogP contribution in [0.4, 0.5) is 0 Å². The highest BCUT2D eigenvalue weighted by Crippen LogP contribution is 2.09. The van der Waals surface area contributed by atoms with Gasteiger partial charge in [0.05, 0.1) is 6.61 Å². The van der Waals surface area contributed by atoms with Gasteiger partial charge < -0.3 is 9.47 Å². The van der Waals surface area contributed by atoms with Gasteiger partial charge in [0.25, 0.3) is 0 Å². The summed E-state index contributed by atoms with van der Waals surface area (Å²) in [7, 11) is 1.72. The zero-order valence-corrected chi connectivity index (χ0v) is 12.1. The highest BCUT2D eigenvalue weighted by Gasteiger charge is 2.06. The third kappa shape index (κ3) is 6.50. The maximum absolute atomic E-state index is 11.4. The molecule has 0 saturated carbocycles. The first-order chi connectivity index (χ1) is 9.13. The fraction of sp³-hybridized carbons (Fsp3) is 0.562. The van der Waals surface area contributed by atoms with Crippen LogP contribution in [0.2, 0.25) is 0 Å². The van der Waals surface area contributed by atoms with Gasteiger partial charge >= 0.3 is 0 Å². The number of carbonyl (C=O) groups is 1. The van der Waals surface area contributed by atoms with E-state index in [0.717, 1.165) is 25.0 Å². The van der Waals surface area contributed by atoms with E-state index >= 15 is 0 Å². The Hall–Kier alpha value is -1.19. The zero-order chi connectivity index (χ0) is 14.1. The Kier molecular flexibility index (Phi) is 7.38. The first-order valence-electron chi connectivity index (χ1n) is 6.80. The van der Waals surface area contributed by atoms with E-state index in [1.807, 2.05) is 26.0 Å². The van der Waals surface area contributed by atoms with Gasteiger partial charge in [0, 0.05) is 19.6 Å². The second-order valence-corrected chi connectivity index (χ2v) is 5.03. The van der Waals surface area contributed by atoms with Gasteiger partial charge in [0.2, 0.25) is 0 Å². The van der Waals surface area contributed by atoms with Gasteiger partial charge in [-0.05, 0) is 24.0 Å². The molecule has 0 unspecified atom stereocenters. The van der Waals surface area contributed by atoms with Crippen LogP contribution in [0, 0.1) is 5.92 Å². The minimum atomic E-state index is 0.0420. The van der Waals surface area contributed by atoms with Crippen LogP contribution in [-0.4, -0.2) is 26.1 Å². The SMILES string of the molecule is COCCCc1cccc(COCC(=O)C(C)C)c1. The summed E-state index contributed by atoms with van der Waals surface area (Å²) < 4.78 is 10.5. The predicted octanol–water partition coefficient (Wildman–Crippen LogP) is 3.01. The molecular weight excluding hydrogens is 240 g/mol. The third-order valence-electron chi connectivity index (χ3n) is 2.96. The van der Waals surface area contributed by atoms with Crippen molar-refractivity contribution in [3.63, 3.8) is 0 Å². The van der Waals surface area contributed by atoms with Gasteiger partial charge in [0.1, 0.15) is 6.61 Å². The lowest BCUT2D eigenvalue weighted by Gasteiger charge is -2.07. The van der Waals surface area contributed by atoms with Gasteiger partial charge in [-0.1, -0.05) is 38.1 Å². The number of benzene rings is 1. The van der Waals surface area contributed by atoms with Crippen molar-refractivity contribution in [3.8, 4) is 0 Å². The summed E-state index contributed by atoms with van der Waals surface area (Å²) in [4.78, 5) is 11.4. The van der Waals surface area contributed by atoms with E-state index in [9.17, 15) is 4.79 Å². The van der Waals surface area contributed by atoms with Crippen molar-refractivity contribution in [2.75, 3.05) is 20.3 Å². The summed E-state index contributed by atoms with van der Waals surface area (Å²) >= 11 is 0. The fourth-order valence-corrected chi connectivity index (χ4v) is 1.73. The van der Waals surface area contributed by atoms with E-state index in [4.69, 9.17) is 9.47 Å². The van der Waals surface area contributed by atoms with Crippen LogP contribution in [0.3, 0.4) is 0 Å². The second kappa shape index (κ2) is 8.83. The number of methoxy groups -OCH3 is 1. The first kappa shape index (κ1) is 15.9. The van der Waals surface area contributed by atoms with Crippen molar-refractivity contribution in [3.05, 3.63) is 35.4 Å². The molecule has 1 rings (SSSR count). The van der Waals surface area contributed by atoms with E-state index in [-0.39, 0.29) is 18.3 Å². The Morgan fingerprint density at radius 3 is 2.68 bits per heavy atom. The van der Waals surface area contributed by atoms with Gasteiger partial charge in [0.15, 0.2) is 5.78 Å². The van der Waals surface area contributed by atoms with E-state index in [0.29, 0.717) is 6.61 Å². The molecule has 0 radical (unpaired) electrons. The van der Waals surface area contributed by atoms with Crippen LogP contribution in [0.1, 0.15) is 31.4 Å². The lowest BCUT2D eigenvalue weighted by atomic mass is 10.1. The summed E-state index contributed by atoms with van der Waals surface area (Å²) in [6.07, 6.45) is 2.03. The Morgan fingerprint density at radius 2 is 2.00 bits per heavy atom. The Bertz CT molecular complexity index is 385. The maximum Gasteiger partial charge on any atom is 0.160 e. The molecule has 0 spiro atoms. The lowest BCUT2D eigenvalue weighted by Crippen LogP contribution is -2.14. The number of ether oxygens (including phenoxy) is 2. The van der Waals surface area contributed by atoms with Crippen molar-refractivity contribution in [2.45, 2.75) is 33.3 Å². The molecule has 0 aliphatic rings. The number of rotatable bonds is 9. The maximum atomic E-state index is 11.4. The topological polar surface area (TPSA) is 35.5 Å². The van der Waals surface area contributed by atoms with Crippen molar-refractivity contribution in [1.29, 1.82) is 0 Å². The molecule has 0 bridgehead atoms. The van der Waals surface area contributed by atoms with Gasteiger partial charge in [-0.25, -0.2) is 0 Å². The van der Waals surface area contributed by atoms with Gasteiger partial charge in [-0.2, -0.15) is 0 Å². The van der Waals surface area contributed by atoms with Crippen LogP contribution in [-0.2, 0) is 27.3 Å². The molecular formula is C16H24O3. The number of ketones is 1. The highest BCUT2D eigenvalue weighted by atomic mass is 16.5. The Balaban J connectivity index is 2.37. The van der Waals surface area contributed by atoms with Gasteiger partial charge in [-0.15, -0.1) is 0 Å². The summed E-state index contributed by atoms with van der Waals surface area (Å²) in [6, 6.07) is 8.30. The van der Waals surface area contributed by atoms with Crippen LogP contribution in [0.5, 0.6) is 0 Å². The monoisotopic (exact) mass is 264 g/mol. The highest BCUT2D eigenvalue weighted by molar-refractivity contribution is 5.81. The fourth-order valence-electron chi connectivity index (χ4n) is 1.73. The average molecular weight is 264 g/mol. The Labute approximate surface area is 115 Å². The lowest BCUT2D eigenvalue weighted by molar-refractivity contribution is -0.126. The third-order valence-corrected chi connectivity index (χ3v) is 2.96.